The van der Waals surface area contributed by atoms with Crippen LogP contribution in [0, 0.1) is 0 Å². The first-order valence-electron chi connectivity index (χ1n) is 8.24. The molecule has 2 aliphatic heterocycles. The minimum atomic E-state index is 0.254. The van der Waals surface area contributed by atoms with Gasteiger partial charge in [-0.15, -0.1) is 0 Å². The summed E-state index contributed by atoms with van der Waals surface area (Å²) in [7, 11) is 0. The molecule has 2 heterocycles. The maximum atomic E-state index is 12.4. The largest absolute Gasteiger partial charge is 0.329 e. The first-order chi connectivity index (χ1) is 9.76. The minimum Gasteiger partial charge on any atom is -0.329 e. The molecule has 2 amide bonds. The van der Waals surface area contributed by atoms with E-state index < -0.39 is 0 Å². The van der Waals surface area contributed by atoms with Crippen LogP contribution >= 0.6 is 0 Å². The Morgan fingerprint density at radius 2 is 1.60 bits per heavy atom. The third-order valence-electron chi connectivity index (χ3n) is 4.62. The monoisotopic (exact) mass is 282 g/mol. The number of nitrogens with zero attached hydrogens (tertiary/aromatic N) is 3. The summed E-state index contributed by atoms with van der Waals surface area (Å²) in [4.78, 5) is 19.0. The van der Waals surface area contributed by atoms with E-state index in [1.807, 2.05) is 9.80 Å². The van der Waals surface area contributed by atoms with E-state index in [1.165, 1.54) is 12.8 Å². The number of urea groups is 1. The molecule has 2 fully saturated rings. The van der Waals surface area contributed by atoms with Crippen LogP contribution in [0.1, 0.15) is 39.0 Å². The van der Waals surface area contributed by atoms with Gasteiger partial charge < -0.3 is 15.5 Å². The summed E-state index contributed by atoms with van der Waals surface area (Å²) in [5.74, 6) is 0. The van der Waals surface area contributed by atoms with Crippen molar-refractivity contribution in [1.82, 2.24) is 14.7 Å². The van der Waals surface area contributed by atoms with Crippen LogP contribution in [-0.4, -0.2) is 72.6 Å². The molecule has 0 saturated carbocycles. The molecule has 1 unspecified atom stereocenters. The Labute approximate surface area is 123 Å². The molecule has 0 aromatic heterocycles. The first kappa shape index (κ1) is 15.6. The Balaban J connectivity index is 1.79. The summed E-state index contributed by atoms with van der Waals surface area (Å²) >= 11 is 0. The van der Waals surface area contributed by atoms with E-state index in [9.17, 15) is 4.79 Å². The zero-order valence-corrected chi connectivity index (χ0v) is 12.9. The number of piperidine rings is 1. The average Bonchev–Trinajstić information content (AvgIpc) is 2.53. The van der Waals surface area contributed by atoms with Gasteiger partial charge in [-0.3, -0.25) is 4.90 Å². The van der Waals surface area contributed by atoms with Crippen LogP contribution in [0.2, 0.25) is 0 Å². The average molecular weight is 282 g/mol. The summed E-state index contributed by atoms with van der Waals surface area (Å²) < 4.78 is 0. The molecule has 2 saturated heterocycles. The molecular weight excluding hydrogens is 252 g/mol. The topological polar surface area (TPSA) is 52.8 Å². The molecule has 0 spiro atoms. The van der Waals surface area contributed by atoms with Crippen molar-refractivity contribution in [1.29, 1.82) is 0 Å². The minimum absolute atomic E-state index is 0.254. The molecule has 0 aromatic rings. The fraction of sp³-hybridized carbons (Fsp3) is 0.933. The van der Waals surface area contributed by atoms with Gasteiger partial charge in [-0.05, 0) is 25.7 Å². The quantitative estimate of drug-likeness (QED) is 0.846. The maximum Gasteiger partial charge on any atom is 0.320 e. The van der Waals surface area contributed by atoms with Crippen molar-refractivity contribution in [2.24, 2.45) is 5.73 Å². The normalized spacial score (nSPS) is 22.9. The molecule has 5 nitrogen and oxygen atoms in total. The SMILES string of the molecule is CCCC(CN)N1CCN(C(=O)N2CCCCC2)CC1. The van der Waals surface area contributed by atoms with Crippen LogP contribution in [0.3, 0.4) is 0 Å². The van der Waals surface area contributed by atoms with Crippen LogP contribution in [0.15, 0.2) is 0 Å². The molecule has 1 atom stereocenters. The lowest BCUT2D eigenvalue weighted by molar-refractivity contribution is 0.0863. The lowest BCUT2D eigenvalue weighted by Crippen LogP contribution is -2.56. The van der Waals surface area contributed by atoms with Gasteiger partial charge in [0.15, 0.2) is 0 Å². The highest BCUT2D eigenvalue weighted by molar-refractivity contribution is 5.74. The smallest absolute Gasteiger partial charge is 0.320 e. The lowest BCUT2D eigenvalue weighted by Gasteiger charge is -2.41. The van der Waals surface area contributed by atoms with E-state index in [-0.39, 0.29) is 6.03 Å². The molecule has 2 N–H and O–H groups in total. The molecule has 20 heavy (non-hydrogen) atoms. The maximum absolute atomic E-state index is 12.4. The highest BCUT2D eigenvalue weighted by Gasteiger charge is 2.28. The zero-order chi connectivity index (χ0) is 14.4. The predicted molar refractivity (Wildman–Crippen MR) is 81.7 cm³/mol. The van der Waals surface area contributed by atoms with Gasteiger partial charge in [-0.2, -0.15) is 0 Å². The zero-order valence-electron chi connectivity index (χ0n) is 12.9. The fourth-order valence-corrected chi connectivity index (χ4v) is 3.35. The molecule has 2 aliphatic rings. The van der Waals surface area contributed by atoms with Crippen molar-refractivity contribution < 1.29 is 4.79 Å². The number of nitrogens with two attached hydrogens (primary N) is 1. The first-order valence-corrected chi connectivity index (χ1v) is 8.24. The van der Waals surface area contributed by atoms with E-state index in [2.05, 4.69) is 11.8 Å². The second-order valence-corrected chi connectivity index (χ2v) is 6.03. The predicted octanol–water partition coefficient (Wildman–Crippen LogP) is 1.34. The van der Waals surface area contributed by atoms with Crippen LogP contribution in [0.5, 0.6) is 0 Å². The molecule has 5 heteroatoms. The second kappa shape index (κ2) is 7.84. The number of hydrogen-bond donors (Lipinski definition) is 1. The molecule has 0 aliphatic carbocycles. The third-order valence-corrected chi connectivity index (χ3v) is 4.62. The van der Waals surface area contributed by atoms with E-state index in [0.29, 0.717) is 6.04 Å². The van der Waals surface area contributed by atoms with E-state index >= 15 is 0 Å². The summed E-state index contributed by atoms with van der Waals surface area (Å²) in [6, 6.07) is 0.747. The Kier molecular flexibility index (Phi) is 6.10. The summed E-state index contributed by atoms with van der Waals surface area (Å²) in [5.41, 5.74) is 5.87. The highest BCUT2D eigenvalue weighted by atomic mass is 16.2. The Hall–Kier alpha value is -0.810. The van der Waals surface area contributed by atoms with Crippen LogP contribution in [0.4, 0.5) is 4.79 Å². The van der Waals surface area contributed by atoms with Crippen molar-refractivity contribution in [3.8, 4) is 0 Å². The molecule has 2 rings (SSSR count). The summed E-state index contributed by atoms with van der Waals surface area (Å²) in [6.07, 6.45) is 5.94. The number of piperazine rings is 1. The van der Waals surface area contributed by atoms with Gasteiger partial charge in [0, 0.05) is 51.9 Å². The number of rotatable bonds is 4. The summed E-state index contributed by atoms with van der Waals surface area (Å²) in [5, 5.41) is 0. The van der Waals surface area contributed by atoms with Crippen molar-refractivity contribution in [2.45, 2.75) is 45.1 Å². The number of likely N-dealkylation sites (tertiary alicyclic amines) is 1. The van der Waals surface area contributed by atoms with Crippen molar-refractivity contribution in [3.63, 3.8) is 0 Å². The van der Waals surface area contributed by atoms with Gasteiger partial charge in [-0.25, -0.2) is 4.79 Å². The van der Waals surface area contributed by atoms with Gasteiger partial charge in [0.1, 0.15) is 0 Å². The van der Waals surface area contributed by atoms with Crippen molar-refractivity contribution in [2.75, 3.05) is 45.8 Å². The fourth-order valence-electron chi connectivity index (χ4n) is 3.35. The molecule has 0 radical (unpaired) electrons. The molecular formula is C15H30N4O. The number of amides is 2. The number of carbonyl (C=O) groups is 1. The number of hydrogen-bond acceptors (Lipinski definition) is 3. The second-order valence-electron chi connectivity index (χ2n) is 6.03. The standard InChI is InChI=1S/C15H30N4O/c1-2-6-14(13-16)17-9-11-19(12-10-17)15(20)18-7-4-3-5-8-18/h14H,2-13,16H2,1H3. The van der Waals surface area contributed by atoms with Gasteiger partial charge in [0.2, 0.25) is 0 Å². The van der Waals surface area contributed by atoms with Gasteiger partial charge in [-0.1, -0.05) is 13.3 Å². The van der Waals surface area contributed by atoms with Crippen molar-refractivity contribution in [3.05, 3.63) is 0 Å². The van der Waals surface area contributed by atoms with Gasteiger partial charge in [0.25, 0.3) is 0 Å². The molecule has 0 aromatic carbocycles. The number of carbonyl (C=O) groups excluding carboxylic acids is 1. The third kappa shape index (κ3) is 3.85. The highest BCUT2D eigenvalue weighted by Crippen LogP contribution is 2.15. The molecule has 0 bridgehead atoms. The summed E-state index contributed by atoms with van der Waals surface area (Å²) in [6.45, 7) is 8.49. The van der Waals surface area contributed by atoms with E-state index in [4.69, 9.17) is 5.73 Å². The van der Waals surface area contributed by atoms with Crippen molar-refractivity contribution >= 4 is 6.03 Å². The van der Waals surface area contributed by atoms with Crippen LogP contribution in [0.25, 0.3) is 0 Å². The van der Waals surface area contributed by atoms with E-state index in [1.54, 1.807) is 0 Å². The Morgan fingerprint density at radius 3 is 2.15 bits per heavy atom. The van der Waals surface area contributed by atoms with Crippen LogP contribution < -0.4 is 5.73 Å². The van der Waals surface area contributed by atoms with E-state index in [0.717, 1.165) is 65.1 Å². The van der Waals surface area contributed by atoms with Gasteiger partial charge >= 0.3 is 6.03 Å². The lowest BCUT2D eigenvalue weighted by atomic mass is 10.1. The Morgan fingerprint density at radius 1 is 1.00 bits per heavy atom. The molecule has 116 valence electrons. The van der Waals surface area contributed by atoms with Gasteiger partial charge in [0.05, 0.1) is 0 Å². The van der Waals surface area contributed by atoms with Crippen LogP contribution in [-0.2, 0) is 0 Å². The Bertz CT molecular complexity index is 296.